The van der Waals surface area contributed by atoms with Crippen molar-refractivity contribution in [3.05, 3.63) is 16.1 Å². The third kappa shape index (κ3) is 2.80. The van der Waals surface area contributed by atoms with Gasteiger partial charge in [-0.05, 0) is 18.8 Å². The summed E-state index contributed by atoms with van der Waals surface area (Å²) in [4.78, 5) is 15.4. The average Bonchev–Trinajstić information content (AvgIpc) is 3.04. The van der Waals surface area contributed by atoms with Crippen molar-refractivity contribution < 1.29 is 9.53 Å². The first kappa shape index (κ1) is 11.5. The molecule has 0 saturated heterocycles. The van der Waals surface area contributed by atoms with Crippen LogP contribution in [-0.4, -0.2) is 18.1 Å². The summed E-state index contributed by atoms with van der Waals surface area (Å²) in [5, 5.41) is 2.99. The van der Waals surface area contributed by atoms with E-state index in [4.69, 9.17) is 5.73 Å². The van der Waals surface area contributed by atoms with E-state index >= 15 is 0 Å². The molecule has 2 N–H and O–H groups in total. The minimum atomic E-state index is -0.193. The van der Waals surface area contributed by atoms with Crippen LogP contribution in [0.3, 0.4) is 0 Å². The summed E-state index contributed by atoms with van der Waals surface area (Å²) in [5.74, 6) is 0.431. The molecule has 1 aromatic rings. The molecular weight excluding hydrogens is 224 g/mol. The Morgan fingerprint density at radius 2 is 2.50 bits per heavy atom. The van der Waals surface area contributed by atoms with E-state index in [1.807, 2.05) is 5.38 Å². The summed E-state index contributed by atoms with van der Waals surface area (Å²) >= 11 is 1.60. The number of methoxy groups -OCH3 is 1. The molecule has 0 spiro atoms. The van der Waals surface area contributed by atoms with E-state index in [1.54, 1.807) is 11.3 Å². The van der Waals surface area contributed by atoms with Crippen LogP contribution in [0.5, 0.6) is 0 Å². The molecule has 0 aliphatic heterocycles. The number of ether oxygens (including phenoxy) is 1. The molecule has 0 radical (unpaired) electrons. The standard InChI is InChI=1S/C11H16N2O2S/c1-15-9(14)5-4-8-6-16-11(13-8)10(12)7-2-3-7/h6-7,10H,2-5,12H2,1H3. The SMILES string of the molecule is COC(=O)CCc1csc(C(N)C2CC2)n1. The predicted molar refractivity (Wildman–Crippen MR) is 62.1 cm³/mol. The minimum Gasteiger partial charge on any atom is -0.469 e. The Labute approximate surface area is 98.8 Å². The van der Waals surface area contributed by atoms with Crippen molar-refractivity contribution in [1.29, 1.82) is 0 Å². The Morgan fingerprint density at radius 1 is 1.75 bits per heavy atom. The molecule has 0 aromatic carbocycles. The van der Waals surface area contributed by atoms with Gasteiger partial charge in [-0.1, -0.05) is 0 Å². The van der Waals surface area contributed by atoms with Crippen LogP contribution in [0.15, 0.2) is 5.38 Å². The van der Waals surface area contributed by atoms with Gasteiger partial charge in [0.25, 0.3) is 0 Å². The van der Waals surface area contributed by atoms with E-state index in [-0.39, 0.29) is 12.0 Å². The van der Waals surface area contributed by atoms with Gasteiger partial charge in [-0.3, -0.25) is 4.79 Å². The van der Waals surface area contributed by atoms with Crippen LogP contribution in [0.1, 0.15) is 36.0 Å². The third-order valence-corrected chi connectivity index (χ3v) is 3.79. The maximum Gasteiger partial charge on any atom is 0.305 e. The first-order chi connectivity index (χ1) is 7.70. The summed E-state index contributed by atoms with van der Waals surface area (Å²) in [5.41, 5.74) is 7.00. The van der Waals surface area contributed by atoms with Crippen molar-refractivity contribution in [3.8, 4) is 0 Å². The van der Waals surface area contributed by atoms with Crippen LogP contribution >= 0.6 is 11.3 Å². The smallest absolute Gasteiger partial charge is 0.305 e. The maximum atomic E-state index is 11.0. The van der Waals surface area contributed by atoms with E-state index in [0.29, 0.717) is 18.8 Å². The molecule has 0 amide bonds. The molecule has 5 heteroatoms. The van der Waals surface area contributed by atoms with Crippen LogP contribution in [0, 0.1) is 5.92 Å². The third-order valence-electron chi connectivity index (χ3n) is 2.80. The van der Waals surface area contributed by atoms with E-state index < -0.39 is 0 Å². The zero-order valence-electron chi connectivity index (χ0n) is 9.31. The highest BCUT2D eigenvalue weighted by Gasteiger charge is 2.31. The molecular formula is C11H16N2O2S. The van der Waals surface area contributed by atoms with Gasteiger partial charge in [0.05, 0.1) is 25.3 Å². The van der Waals surface area contributed by atoms with Gasteiger partial charge in [0.15, 0.2) is 0 Å². The van der Waals surface area contributed by atoms with Crippen molar-refractivity contribution in [2.24, 2.45) is 11.7 Å². The number of thiazole rings is 1. The van der Waals surface area contributed by atoms with Gasteiger partial charge in [0.2, 0.25) is 0 Å². The van der Waals surface area contributed by atoms with E-state index in [0.717, 1.165) is 10.7 Å². The molecule has 1 fully saturated rings. The molecule has 1 unspecified atom stereocenters. The lowest BCUT2D eigenvalue weighted by molar-refractivity contribution is -0.140. The Balaban J connectivity index is 1.88. The normalized spacial score (nSPS) is 17.1. The highest BCUT2D eigenvalue weighted by molar-refractivity contribution is 7.09. The van der Waals surface area contributed by atoms with E-state index in [2.05, 4.69) is 9.72 Å². The number of nitrogens with two attached hydrogens (primary N) is 1. The second-order valence-electron chi connectivity index (χ2n) is 4.12. The quantitative estimate of drug-likeness (QED) is 0.795. The maximum absolute atomic E-state index is 11.0. The summed E-state index contributed by atoms with van der Waals surface area (Å²) in [6, 6.07) is 0.0943. The highest BCUT2D eigenvalue weighted by Crippen LogP contribution is 2.40. The topological polar surface area (TPSA) is 65.2 Å². The molecule has 88 valence electrons. The van der Waals surface area contributed by atoms with Gasteiger partial charge in [-0.15, -0.1) is 11.3 Å². The number of nitrogens with zero attached hydrogens (tertiary/aromatic N) is 1. The molecule has 0 bridgehead atoms. The van der Waals surface area contributed by atoms with Gasteiger partial charge in [0.1, 0.15) is 5.01 Å². The van der Waals surface area contributed by atoms with Crippen molar-refractivity contribution in [1.82, 2.24) is 4.98 Å². The highest BCUT2D eigenvalue weighted by atomic mass is 32.1. The fraction of sp³-hybridized carbons (Fsp3) is 0.636. The van der Waals surface area contributed by atoms with E-state index in [9.17, 15) is 4.79 Å². The lowest BCUT2D eigenvalue weighted by atomic mass is 10.2. The zero-order chi connectivity index (χ0) is 11.5. The number of aryl methyl sites for hydroxylation is 1. The first-order valence-corrected chi connectivity index (χ1v) is 6.35. The van der Waals surface area contributed by atoms with Gasteiger partial charge in [0, 0.05) is 11.8 Å². The average molecular weight is 240 g/mol. The van der Waals surface area contributed by atoms with Crippen LogP contribution in [0.4, 0.5) is 0 Å². The summed E-state index contributed by atoms with van der Waals surface area (Å²) in [6.07, 6.45) is 3.47. The van der Waals surface area contributed by atoms with E-state index in [1.165, 1.54) is 20.0 Å². The fourth-order valence-electron chi connectivity index (χ4n) is 1.58. The summed E-state index contributed by atoms with van der Waals surface area (Å²) < 4.78 is 4.59. The molecule has 1 aliphatic rings. The molecule has 1 aliphatic carbocycles. The molecule has 2 rings (SSSR count). The number of hydrogen-bond acceptors (Lipinski definition) is 5. The molecule has 1 saturated carbocycles. The monoisotopic (exact) mass is 240 g/mol. The lowest BCUT2D eigenvalue weighted by Crippen LogP contribution is -2.12. The Morgan fingerprint density at radius 3 is 3.12 bits per heavy atom. The molecule has 1 heterocycles. The first-order valence-electron chi connectivity index (χ1n) is 5.47. The van der Waals surface area contributed by atoms with Gasteiger partial charge in [-0.2, -0.15) is 0 Å². The van der Waals surface area contributed by atoms with Gasteiger partial charge < -0.3 is 10.5 Å². The summed E-state index contributed by atoms with van der Waals surface area (Å²) in [7, 11) is 1.40. The number of hydrogen-bond donors (Lipinski definition) is 1. The second kappa shape index (κ2) is 4.93. The summed E-state index contributed by atoms with van der Waals surface area (Å²) in [6.45, 7) is 0. The number of carbonyl (C=O) groups is 1. The predicted octanol–water partition coefficient (Wildman–Crippen LogP) is 1.66. The van der Waals surface area contributed by atoms with Crippen LogP contribution in [-0.2, 0) is 16.0 Å². The van der Waals surface area contributed by atoms with Gasteiger partial charge >= 0.3 is 5.97 Å². The van der Waals surface area contributed by atoms with Crippen molar-refractivity contribution in [2.45, 2.75) is 31.7 Å². The van der Waals surface area contributed by atoms with Crippen molar-refractivity contribution in [2.75, 3.05) is 7.11 Å². The van der Waals surface area contributed by atoms with Crippen LogP contribution in [0.2, 0.25) is 0 Å². The second-order valence-corrected chi connectivity index (χ2v) is 5.01. The minimum absolute atomic E-state index is 0.0943. The Kier molecular flexibility index (Phi) is 3.56. The lowest BCUT2D eigenvalue weighted by Gasteiger charge is -2.04. The number of esters is 1. The Hall–Kier alpha value is -0.940. The van der Waals surface area contributed by atoms with Crippen molar-refractivity contribution in [3.63, 3.8) is 0 Å². The molecule has 4 nitrogen and oxygen atoms in total. The van der Waals surface area contributed by atoms with Crippen LogP contribution in [0.25, 0.3) is 0 Å². The zero-order valence-corrected chi connectivity index (χ0v) is 10.1. The molecule has 16 heavy (non-hydrogen) atoms. The number of carbonyl (C=O) groups excluding carboxylic acids is 1. The van der Waals surface area contributed by atoms with Crippen LogP contribution < -0.4 is 5.73 Å². The number of rotatable bonds is 5. The fourth-order valence-corrected chi connectivity index (χ4v) is 2.53. The van der Waals surface area contributed by atoms with Crippen molar-refractivity contribution >= 4 is 17.3 Å². The molecule has 1 atom stereocenters. The van der Waals surface area contributed by atoms with Gasteiger partial charge in [-0.25, -0.2) is 4.98 Å². The number of aromatic nitrogens is 1. The molecule has 1 aromatic heterocycles. The largest absolute Gasteiger partial charge is 0.469 e. The Bertz CT molecular complexity index is 374.